The maximum absolute atomic E-state index is 14.1. The second kappa shape index (κ2) is 13.1. The molecule has 43 heavy (non-hydrogen) atoms. The predicted octanol–water partition coefficient (Wildman–Crippen LogP) is 7.51. The van der Waals surface area contributed by atoms with Crippen LogP contribution >= 0.6 is 11.6 Å². The lowest BCUT2D eigenvalue weighted by atomic mass is 10.0. The van der Waals surface area contributed by atoms with Crippen molar-refractivity contribution >= 4 is 40.3 Å². The molecule has 0 fully saturated rings. The Balaban J connectivity index is 1.57. The van der Waals surface area contributed by atoms with E-state index in [4.69, 9.17) is 17.3 Å². The number of nitrogens with zero attached hydrogens (tertiary/aromatic N) is 4. The standard InChI is InChI=1S/C28H28ClF6N7O/c1-3-41(13-24(31)32)9-8-15(2)23-12-18(25-26(36)37-14-38-42(23)25)16-4-7-21(19(29)10-16)39-27(43)40-22-11-17(28(33,34)35)5-6-20(22)30/h4-7,10-12,14-15,24H,3,8-9,13H2,1-2H3,(H2,36,37,38)(H2,39,40,43). The van der Waals surface area contributed by atoms with Crippen LogP contribution in [-0.4, -0.2) is 51.6 Å². The zero-order chi connectivity index (χ0) is 31.5. The molecule has 230 valence electrons. The van der Waals surface area contributed by atoms with Gasteiger partial charge in [-0.1, -0.05) is 31.5 Å². The Morgan fingerprint density at radius 2 is 1.84 bits per heavy atom. The van der Waals surface area contributed by atoms with Crippen molar-refractivity contribution < 1.29 is 31.1 Å². The molecule has 2 heterocycles. The van der Waals surface area contributed by atoms with Crippen molar-refractivity contribution in [2.24, 2.45) is 0 Å². The number of carbonyl (C=O) groups excluding carboxylic acids is 1. The van der Waals surface area contributed by atoms with Gasteiger partial charge in [-0.2, -0.15) is 18.3 Å². The van der Waals surface area contributed by atoms with Crippen LogP contribution in [0, 0.1) is 5.82 Å². The summed E-state index contributed by atoms with van der Waals surface area (Å²) >= 11 is 6.44. The minimum absolute atomic E-state index is 0.0760. The van der Waals surface area contributed by atoms with Gasteiger partial charge < -0.3 is 16.4 Å². The molecular formula is C28H28ClF6N7O. The summed E-state index contributed by atoms with van der Waals surface area (Å²) in [5.41, 5.74) is 7.01. The van der Waals surface area contributed by atoms with Crippen molar-refractivity contribution in [3.05, 3.63) is 70.9 Å². The van der Waals surface area contributed by atoms with Crippen LogP contribution in [0.1, 0.15) is 37.4 Å². The number of fused-ring (bicyclic) bond motifs is 1. The topological polar surface area (TPSA) is 101 Å². The van der Waals surface area contributed by atoms with E-state index in [-0.39, 0.29) is 29.0 Å². The third kappa shape index (κ3) is 7.49. The molecule has 2 aromatic carbocycles. The second-order valence-corrected chi connectivity index (χ2v) is 10.2. The molecule has 0 aliphatic rings. The number of amides is 2. The number of nitrogen functional groups attached to an aromatic ring is 1. The molecule has 4 N–H and O–H groups in total. The number of halogens is 7. The lowest BCUT2D eigenvalue weighted by Gasteiger charge is -2.21. The maximum Gasteiger partial charge on any atom is 0.416 e. The Labute approximate surface area is 247 Å². The normalized spacial score (nSPS) is 12.7. The molecule has 2 aromatic heterocycles. The molecule has 0 saturated heterocycles. The highest BCUT2D eigenvalue weighted by Gasteiger charge is 2.31. The van der Waals surface area contributed by atoms with Gasteiger partial charge in [0.25, 0.3) is 6.43 Å². The van der Waals surface area contributed by atoms with Crippen LogP contribution in [0.3, 0.4) is 0 Å². The number of rotatable bonds is 10. The second-order valence-electron chi connectivity index (χ2n) is 9.83. The number of benzene rings is 2. The summed E-state index contributed by atoms with van der Waals surface area (Å²) in [7, 11) is 0. The number of nitrogens with two attached hydrogens (primary N) is 1. The molecular weight excluding hydrogens is 600 g/mol. The molecule has 15 heteroatoms. The monoisotopic (exact) mass is 627 g/mol. The molecule has 1 atom stereocenters. The van der Waals surface area contributed by atoms with Crippen LogP contribution in [0.5, 0.6) is 0 Å². The van der Waals surface area contributed by atoms with Crippen LogP contribution in [0.25, 0.3) is 16.6 Å². The van der Waals surface area contributed by atoms with E-state index >= 15 is 0 Å². The molecule has 4 aromatic rings. The highest BCUT2D eigenvalue weighted by Crippen LogP contribution is 2.37. The molecule has 0 radical (unpaired) electrons. The lowest BCUT2D eigenvalue weighted by Crippen LogP contribution is -2.30. The Morgan fingerprint density at radius 3 is 2.49 bits per heavy atom. The summed E-state index contributed by atoms with van der Waals surface area (Å²) in [6.45, 7) is 4.39. The van der Waals surface area contributed by atoms with Crippen molar-refractivity contribution in [3.8, 4) is 11.1 Å². The minimum Gasteiger partial charge on any atom is -0.382 e. The molecule has 0 saturated carbocycles. The van der Waals surface area contributed by atoms with Crippen LogP contribution in [0.15, 0.2) is 48.8 Å². The van der Waals surface area contributed by atoms with Crippen molar-refractivity contribution in [1.29, 1.82) is 0 Å². The number of hydrogen-bond donors (Lipinski definition) is 3. The van der Waals surface area contributed by atoms with E-state index in [1.54, 1.807) is 21.5 Å². The zero-order valence-electron chi connectivity index (χ0n) is 23.0. The first kappa shape index (κ1) is 31.9. The van der Waals surface area contributed by atoms with E-state index in [9.17, 15) is 31.1 Å². The number of aromatic nitrogens is 3. The predicted molar refractivity (Wildman–Crippen MR) is 153 cm³/mol. The Bertz CT molecular complexity index is 1610. The van der Waals surface area contributed by atoms with Gasteiger partial charge in [0.2, 0.25) is 0 Å². The summed E-state index contributed by atoms with van der Waals surface area (Å²) in [4.78, 5) is 18.2. The van der Waals surface area contributed by atoms with Gasteiger partial charge in [0.15, 0.2) is 5.82 Å². The number of anilines is 3. The summed E-state index contributed by atoms with van der Waals surface area (Å²) in [6, 6.07) is 7.15. The van der Waals surface area contributed by atoms with Gasteiger partial charge in [0, 0.05) is 11.3 Å². The minimum atomic E-state index is -4.72. The highest BCUT2D eigenvalue weighted by atomic mass is 35.5. The van der Waals surface area contributed by atoms with E-state index < -0.39 is 35.7 Å². The molecule has 0 spiro atoms. The molecule has 4 rings (SSSR count). The smallest absolute Gasteiger partial charge is 0.382 e. The molecule has 0 aliphatic carbocycles. The molecule has 0 aliphatic heterocycles. The van der Waals surface area contributed by atoms with Crippen molar-refractivity contribution in [1.82, 2.24) is 19.5 Å². The first-order valence-electron chi connectivity index (χ1n) is 13.2. The van der Waals surface area contributed by atoms with Gasteiger partial charge in [-0.25, -0.2) is 27.5 Å². The van der Waals surface area contributed by atoms with Gasteiger partial charge in [-0.3, -0.25) is 4.90 Å². The number of nitrogens with one attached hydrogen (secondary N) is 2. The van der Waals surface area contributed by atoms with E-state index in [0.717, 1.165) is 5.69 Å². The van der Waals surface area contributed by atoms with E-state index in [1.165, 1.54) is 12.4 Å². The van der Waals surface area contributed by atoms with E-state index in [1.807, 2.05) is 19.9 Å². The molecule has 2 amide bonds. The molecule has 0 bridgehead atoms. The fraction of sp³-hybridized carbons (Fsp3) is 0.321. The van der Waals surface area contributed by atoms with Gasteiger partial charge in [-0.05, 0) is 67.4 Å². The quantitative estimate of drug-likeness (QED) is 0.158. The van der Waals surface area contributed by atoms with Gasteiger partial charge in [0.05, 0.1) is 28.5 Å². The van der Waals surface area contributed by atoms with Gasteiger partial charge in [0.1, 0.15) is 17.7 Å². The van der Waals surface area contributed by atoms with Gasteiger partial charge >= 0.3 is 12.2 Å². The van der Waals surface area contributed by atoms with Crippen LogP contribution in [0.4, 0.5) is 48.3 Å². The number of urea groups is 1. The van der Waals surface area contributed by atoms with E-state index in [0.29, 0.717) is 54.4 Å². The lowest BCUT2D eigenvalue weighted by molar-refractivity contribution is -0.137. The summed E-state index contributed by atoms with van der Waals surface area (Å²) in [5.74, 6) is -0.956. The van der Waals surface area contributed by atoms with Crippen molar-refractivity contribution in [2.75, 3.05) is 36.0 Å². The fourth-order valence-electron chi connectivity index (χ4n) is 4.62. The van der Waals surface area contributed by atoms with Crippen LogP contribution in [0.2, 0.25) is 5.02 Å². The largest absolute Gasteiger partial charge is 0.416 e. The third-order valence-corrected chi connectivity index (χ3v) is 7.22. The Hall–Kier alpha value is -4.04. The summed E-state index contributed by atoms with van der Waals surface area (Å²) < 4.78 is 80.5. The SMILES string of the molecule is CCN(CCC(C)c1cc(-c2ccc(NC(=O)Nc3cc(C(F)(F)F)ccc3F)c(Cl)c2)c2c(N)ncnn12)CC(F)F. The average Bonchev–Trinajstić information content (AvgIpc) is 3.33. The van der Waals surface area contributed by atoms with Crippen molar-refractivity contribution in [3.63, 3.8) is 0 Å². The van der Waals surface area contributed by atoms with Crippen molar-refractivity contribution in [2.45, 2.75) is 38.8 Å². The number of carbonyl (C=O) groups is 1. The van der Waals surface area contributed by atoms with E-state index in [2.05, 4.69) is 20.7 Å². The summed E-state index contributed by atoms with van der Waals surface area (Å²) in [6.07, 6.45) is -5.28. The number of hydrogen-bond acceptors (Lipinski definition) is 5. The van der Waals surface area contributed by atoms with Crippen LogP contribution in [-0.2, 0) is 6.18 Å². The first-order chi connectivity index (χ1) is 20.3. The zero-order valence-corrected chi connectivity index (χ0v) is 23.8. The molecule has 1 unspecified atom stereocenters. The fourth-order valence-corrected chi connectivity index (χ4v) is 4.85. The first-order valence-corrected chi connectivity index (χ1v) is 13.5. The number of alkyl halides is 5. The highest BCUT2D eigenvalue weighted by molar-refractivity contribution is 6.34. The molecule has 8 nitrogen and oxygen atoms in total. The maximum atomic E-state index is 14.1. The van der Waals surface area contributed by atoms with Gasteiger partial charge in [-0.15, -0.1) is 0 Å². The Kier molecular flexibility index (Phi) is 9.70. The summed E-state index contributed by atoms with van der Waals surface area (Å²) in [5, 5.41) is 8.88. The van der Waals surface area contributed by atoms with Crippen LogP contribution < -0.4 is 16.4 Å². The Morgan fingerprint density at radius 1 is 1.12 bits per heavy atom. The third-order valence-electron chi connectivity index (χ3n) is 6.91. The average molecular weight is 628 g/mol.